The van der Waals surface area contributed by atoms with E-state index < -0.39 is 91.5 Å². The molecule has 1 saturated heterocycles. The average molecular weight is 831 g/mol. The Bertz CT molecular complexity index is 1160. The largest absolute Gasteiger partial charge is 0.481 e. The Kier molecular flexibility index (Phi) is 29.3. The van der Waals surface area contributed by atoms with Crippen LogP contribution in [0.25, 0.3) is 0 Å². The predicted octanol–water partition coefficient (Wildman–Crippen LogP) is 3.84. The number of carbonyl (C=O) groups is 5. The molecule has 0 aliphatic carbocycles. The number of carboxylic acids is 1. The van der Waals surface area contributed by atoms with Crippen LogP contribution in [0.15, 0.2) is 0 Å². The number of aliphatic carboxylic acids is 1. The molecule has 0 bridgehead atoms. The molecule has 1 heterocycles. The molecule has 0 aromatic carbocycles. The molecule has 0 aromatic rings. The smallest absolute Gasteiger partial charge is 0.305 e. The molecule has 8 atom stereocenters. The van der Waals surface area contributed by atoms with Crippen LogP contribution in [0.1, 0.15) is 162 Å². The van der Waals surface area contributed by atoms with Crippen LogP contribution >= 0.6 is 0 Å². The van der Waals surface area contributed by atoms with Gasteiger partial charge in [-0.15, -0.1) is 0 Å². The summed E-state index contributed by atoms with van der Waals surface area (Å²) in [6, 6.07) is -3.79. The molecule has 1 unspecified atom stereocenters. The van der Waals surface area contributed by atoms with Gasteiger partial charge in [-0.2, -0.15) is 0 Å². The number of nitrogens with two attached hydrogens (primary N) is 1. The Morgan fingerprint density at radius 2 is 1.31 bits per heavy atom. The molecular weight excluding hydrogens is 752 g/mol. The molecule has 1 fully saturated rings. The number of nitrogens with one attached hydrogen (secondary N) is 2. The van der Waals surface area contributed by atoms with Gasteiger partial charge in [0.05, 0.1) is 12.7 Å². The van der Waals surface area contributed by atoms with Gasteiger partial charge in [0.25, 0.3) is 0 Å². The number of esters is 1. The second-order valence-electron chi connectivity index (χ2n) is 15.9. The van der Waals surface area contributed by atoms with E-state index in [0.717, 1.165) is 24.2 Å². The molecule has 1 aliphatic heterocycles. The van der Waals surface area contributed by atoms with Gasteiger partial charge >= 0.3 is 11.9 Å². The highest BCUT2D eigenvalue weighted by Crippen LogP contribution is 2.25. The van der Waals surface area contributed by atoms with Crippen molar-refractivity contribution < 1.29 is 58.6 Å². The van der Waals surface area contributed by atoms with E-state index in [9.17, 15) is 44.4 Å². The highest BCUT2D eigenvalue weighted by molar-refractivity contribution is 5.89. The minimum Gasteiger partial charge on any atom is -0.481 e. The maximum atomic E-state index is 13.9. The molecule has 8 N–H and O–H groups in total. The number of likely N-dealkylation sites (N-methyl/N-ethyl adjacent to an activating group) is 1. The van der Waals surface area contributed by atoms with Crippen molar-refractivity contribution in [3.63, 3.8) is 0 Å². The summed E-state index contributed by atoms with van der Waals surface area (Å²) in [6.07, 6.45) is 16.3. The summed E-state index contributed by atoms with van der Waals surface area (Å²) in [4.78, 5) is 63.5. The maximum absolute atomic E-state index is 13.9. The summed E-state index contributed by atoms with van der Waals surface area (Å²) in [6.45, 7) is 3.55. The number of hydrogen-bond acceptors (Lipinski definition) is 12. The number of unbranched alkanes of at least 4 members (excludes halogenated alkanes) is 18. The first-order valence-corrected chi connectivity index (χ1v) is 22.0. The fourth-order valence-electron chi connectivity index (χ4n) is 7.38. The Balaban J connectivity index is 2.59. The van der Waals surface area contributed by atoms with Crippen LogP contribution in [0, 0.1) is 0 Å². The first kappa shape index (κ1) is 53.1. The maximum Gasteiger partial charge on any atom is 0.305 e. The Morgan fingerprint density at radius 3 is 1.74 bits per heavy atom. The zero-order valence-corrected chi connectivity index (χ0v) is 35.9. The Hall–Kier alpha value is -2.89. The van der Waals surface area contributed by atoms with Crippen LogP contribution in [0.3, 0.4) is 0 Å². The second-order valence-corrected chi connectivity index (χ2v) is 15.9. The molecule has 58 heavy (non-hydrogen) atoms. The van der Waals surface area contributed by atoms with Crippen LogP contribution < -0.4 is 16.4 Å². The molecule has 0 saturated carbocycles. The van der Waals surface area contributed by atoms with Gasteiger partial charge in [0, 0.05) is 26.3 Å². The van der Waals surface area contributed by atoms with E-state index >= 15 is 0 Å². The van der Waals surface area contributed by atoms with E-state index in [4.69, 9.17) is 19.9 Å². The number of rotatable bonds is 35. The lowest BCUT2D eigenvalue weighted by Gasteiger charge is -2.44. The Morgan fingerprint density at radius 1 is 0.810 bits per heavy atom. The number of carboxylic acid groups (broad SMARTS) is 1. The van der Waals surface area contributed by atoms with Gasteiger partial charge in [-0.1, -0.05) is 122 Å². The van der Waals surface area contributed by atoms with E-state index in [-0.39, 0.29) is 26.0 Å². The fourth-order valence-corrected chi connectivity index (χ4v) is 7.38. The summed E-state index contributed by atoms with van der Waals surface area (Å²) >= 11 is 0. The summed E-state index contributed by atoms with van der Waals surface area (Å²) in [5, 5.41) is 45.6. The molecule has 1 aliphatic rings. The lowest BCUT2D eigenvalue weighted by molar-refractivity contribution is -0.268. The third-order valence-corrected chi connectivity index (χ3v) is 10.7. The van der Waals surface area contributed by atoms with Crippen molar-refractivity contribution in [1.82, 2.24) is 15.5 Å². The fraction of sp³-hybridized carbons (Fsp3) is 0.881. The van der Waals surface area contributed by atoms with E-state index in [2.05, 4.69) is 17.6 Å². The standard InChI is InChI=1S/C42H78N4O12/c1-5-6-7-8-9-10-11-12-13-14-15-16-17-18-19-20-21-22-23-24-36(51)56-29-32(44-4)41(54)46(33(40(43)53)25-26-35(49)50)27-30(2)57-39-37(45-31(3)48)42(55)58-34(28-47)38(39)52/h30,32-34,37-39,42,44,47,52,55H,5-29H2,1-4H3,(H2,43,53)(H,45,48)(H,49,50)/t30?,32-,33+,34+,37+,38+,39+,42-/m0/s1. The molecular formula is C42H78N4O12. The number of amides is 3. The van der Waals surface area contributed by atoms with E-state index in [1.807, 2.05) is 0 Å². The number of hydrogen-bond donors (Lipinski definition) is 7. The van der Waals surface area contributed by atoms with Crippen molar-refractivity contribution in [2.75, 3.05) is 26.8 Å². The molecule has 0 aromatic heterocycles. The quantitative estimate of drug-likeness (QED) is 0.0355. The first-order valence-electron chi connectivity index (χ1n) is 22.0. The van der Waals surface area contributed by atoms with Crippen LogP contribution in [0.5, 0.6) is 0 Å². The Labute approximate surface area is 346 Å². The lowest BCUT2D eigenvalue weighted by Crippen LogP contribution is -2.65. The minimum atomic E-state index is -1.66. The van der Waals surface area contributed by atoms with Gasteiger partial charge in [-0.3, -0.25) is 24.0 Å². The van der Waals surface area contributed by atoms with Crippen LogP contribution in [0.2, 0.25) is 0 Å². The van der Waals surface area contributed by atoms with E-state index in [0.29, 0.717) is 6.42 Å². The van der Waals surface area contributed by atoms with Crippen molar-refractivity contribution in [1.29, 1.82) is 0 Å². The number of aliphatic hydroxyl groups excluding tert-OH is 3. The third-order valence-electron chi connectivity index (χ3n) is 10.7. The van der Waals surface area contributed by atoms with Gasteiger partial charge in [0.15, 0.2) is 6.29 Å². The number of ether oxygens (including phenoxy) is 3. The van der Waals surface area contributed by atoms with Crippen molar-refractivity contribution in [3.05, 3.63) is 0 Å². The summed E-state index contributed by atoms with van der Waals surface area (Å²) in [5.74, 6) is -3.96. The van der Waals surface area contributed by atoms with Gasteiger partial charge in [0.2, 0.25) is 17.7 Å². The van der Waals surface area contributed by atoms with Gasteiger partial charge in [0.1, 0.15) is 43.0 Å². The SMILES string of the molecule is CCCCCCCCCCCCCCCCCCCCCC(=O)OC[C@H](NC)C(=O)N(CC(C)O[C@H]1[C@H](O)[C@@H](CO)O[C@H](O)[C@@H]1NC(C)=O)[C@H](CCC(=O)O)C(N)=O. The van der Waals surface area contributed by atoms with E-state index in [1.54, 1.807) is 0 Å². The molecule has 1 rings (SSSR count). The van der Waals surface area contributed by atoms with Crippen LogP contribution in [-0.2, 0) is 38.2 Å². The van der Waals surface area contributed by atoms with Crippen LogP contribution in [0.4, 0.5) is 0 Å². The number of nitrogens with zero attached hydrogens (tertiary/aromatic N) is 1. The third kappa shape index (κ3) is 22.5. The number of aliphatic hydroxyl groups is 3. The highest BCUT2D eigenvalue weighted by Gasteiger charge is 2.47. The number of carbonyl (C=O) groups excluding carboxylic acids is 4. The molecule has 0 spiro atoms. The zero-order valence-electron chi connectivity index (χ0n) is 35.9. The minimum absolute atomic E-state index is 0.185. The monoisotopic (exact) mass is 831 g/mol. The molecule has 0 radical (unpaired) electrons. The van der Waals surface area contributed by atoms with Gasteiger partial charge in [-0.25, -0.2) is 0 Å². The van der Waals surface area contributed by atoms with Gasteiger partial charge < -0.3 is 55.9 Å². The van der Waals surface area contributed by atoms with Crippen molar-refractivity contribution in [3.8, 4) is 0 Å². The average Bonchev–Trinajstić information content (AvgIpc) is 3.17. The summed E-state index contributed by atoms with van der Waals surface area (Å²) in [7, 11) is 1.47. The van der Waals surface area contributed by atoms with E-state index in [1.165, 1.54) is 117 Å². The second kappa shape index (κ2) is 32.0. The van der Waals surface area contributed by atoms with Crippen LogP contribution in [-0.4, -0.2) is 131 Å². The predicted molar refractivity (Wildman–Crippen MR) is 219 cm³/mol. The number of primary amides is 1. The lowest BCUT2D eigenvalue weighted by atomic mass is 9.96. The van der Waals surface area contributed by atoms with Crippen molar-refractivity contribution in [2.45, 2.75) is 211 Å². The normalized spacial score (nSPS) is 20.8. The zero-order chi connectivity index (χ0) is 43.3. The molecule has 3 amide bonds. The highest BCUT2D eigenvalue weighted by atomic mass is 16.6. The molecule has 16 nitrogen and oxygen atoms in total. The van der Waals surface area contributed by atoms with Crippen molar-refractivity contribution in [2.24, 2.45) is 5.73 Å². The van der Waals surface area contributed by atoms with Gasteiger partial charge in [-0.05, 0) is 26.8 Å². The summed E-state index contributed by atoms with van der Waals surface area (Å²) < 4.78 is 16.7. The van der Waals surface area contributed by atoms with Crippen molar-refractivity contribution >= 4 is 29.7 Å². The topological polar surface area (TPSA) is 247 Å². The summed E-state index contributed by atoms with van der Waals surface area (Å²) in [5.41, 5.74) is 5.66. The first-order chi connectivity index (χ1) is 27.8. The molecule has 338 valence electrons. The molecule has 16 heteroatoms.